The molecule has 2 unspecified atom stereocenters. The number of hydrogen-bond donors (Lipinski definition) is 2. The van der Waals surface area contributed by atoms with Crippen molar-refractivity contribution in [3.8, 4) is 11.4 Å². The Labute approximate surface area is 180 Å². The highest BCUT2D eigenvalue weighted by molar-refractivity contribution is 5.56. The zero-order valence-corrected chi connectivity index (χ0v) is 17.5. The summed E-state index contributed by atoms with van der Waals surface area (Å²) in [4.78, 5) is 14.9. The molecule has 1 heterocycles. The van der Waals surface area contributed by atoms with Gasteiger partial charge >= 0.3 is 0 Å². The summed E-state index contributed by atoms with van der Waals surface area (Å²) in [6.07, 6.45) is -0.0618. The summed E-state index contributed by atoms with van der Waals surface area (Å²) in [5.41, 5.74) is 1.68. The molecule has 0 saturated heterocycles. The summed E-state index contributed by atoms with van der Waals surface area (Å²) < 4.78 is 11.0. The van der Waals surface area contributed by atoms with Crippen LogP contribution < -0.4 is 5.32 Å². The van der Waals surface area contributed by atoms with Crippen LogP contribution in [-0.2, 0) is 11.2 Å². The molecule has 0 aliphatic heterocycles. The van der Waals surface area contributed by atoms with Crippen LogP contribution in [0, 0.1) is 10.1 Å². The topological polar surface area (TPSA) is 124 Å². The number of nitrogens with zero attached hydrogens (tertiary/aromatic N) is 3. The van der Waals surface area contributed by atoms with Crippen LogP contribution in [0.3, 0.4) is 0 Å². The molecule has 0 bridgehead atoms. The van der Waals surface area contributed by atoms with Crippen molar-refractivity contribution in [3.63, 3.8) is 0 Å². The normalized spacial score (nSPS) is 13.3. The number of nitrogens with one attached hydrogen (secondary N) is 1. The van der Waals surface area contributed by atoms with Gasteiger partial charge in [0.2, 0.25) is 11.7 Å². The molecule has 0 aliphatic carbocycles. The summed E-state index contributed by atoms with van der Waals surface area (Å²) in [6, 6.07) is 15.5. The Bertz CT molecular complexity index is 960. The maximum Gasteiger partial charge on any atom is 0.269 e. The third-order valence-electron chi connectivity index (χ3n) is 4.58. The average Bonchev–Trinajstić information content (AvgIpc) is 3.26. The van der Waals surface area contributed by atoms with Gasteiger partial charge in [-0.3, -0.25) is 10.1 Å². The maximum absolute atomic E-state index is 10.8. The molecule has 0 fully saturated rings. The van der Waals surface area contributed by atoms with E-state index in [9.17, 15) is 15.2 Å². The van der Waals surface area contributed by atoms with E-state index in [-0.39, 0.29) is 24.4 Å². The molecule has 0 saturated carbocycles. The van der Waals surface area contributed by atoms with Crippen molar-refractivity contribution < 1.29 is 19.3 Å². The fourth-order valence-electron chi connectivity index (χ4n) is 2.96. The van der Waals surface area contributed by atoms with Crippen LogP contribution in [0.4, 0.5) is 5.69 Å². The number of hydrogen-bond acceptors (Lipinski definition) is 8. The second kappa shape index (κ2) is 10.8. The summed E-state index contributed by atoms with van der Waals surface area (Å²) in [5, 5.41) is 28.4. The van der Waals surface area contributed by atoms with Crippen LogP contribution in [0.5, 0.6) is 0 Å². The molecule has 2 N–H and O–H groups in total. The maximum atomic E-state index is 10.8. The standard InChI is InChI=1S/C22H26N4O5/c1-15(2)30-14-19(27)13-23-20(12-16-6-4-3-5-7-16)22-24-21(25-31-22)17-8-10-18(11-9-17)26(28)29/h3-11,15,19-20,23,27H,12-14H2,1-2H3. The van der Waals surface area contributed by atoms with Crippen molar-refractivity contribution in [1.82, 2.24) is 15.5 Å². The van der Waals surface area contributed by atoms with Gasteiger partial charge in [0.05, 0.1) is 29.8 Å². The van der Waals surface area contributed by atoms with Crippen LogP contribution >= 0.6 is 0 Å². The molecule has 1 aromatic heterocycles. The minimum Gasteiger partial charge on any atom is -0.389 e. The van der Waals surface area contributed by atoms with Crippen LogP contribution in [0.15, 0.2) is 59.1 Å². The van der Waals surface area contributed by atoms with Crippen LogP contribution in [0.2, 0.25) is 0 Å². The van der Waals surface area contributed by atoms with E-state index < -0.39 is 11.0 Å². The lowest BCUT2D eigenvalue weighted by Gasteiger charge is -2.19. The first-order chi connectivity index (χ1) is 14.9. The Morgan fingerprint density at radius 2 is 1.87 bits per heavy atom. The Hall–Kier alpha value is -3.14. The number of non-ortho nitro benzene ring substituents is 1. The summed E-state index contributed by atoms with van der Waals surface area (Å²) >= 11 is 0. The Morgan fingerprint density at radius 3 is 2.52 bits per heavy atom. The van der Waals surface area contributed by atoms with E-state index in [4.69, 9.17) is 9.26 Å². The summed E-state index contributed by atoms with van der Waals surface area (Å²) in [6.45, 7) is 4.34. The zero-order valence-electron chi connectivity index (χ0n) is 17.5. The molecule has 3 aromatic rings. The monoisotopic (exact) mass is 426 g/mol. The Balaban J connectivity index is 1.74. The number of ether oxygens (including phenoxy) is 1. The van der Waals surface area contributed by atoms with E-state index in [0.717, 1.165) is 5.56 Å². The van der Waals surface area contributed by atoms with Gasteiger partial charge in [0.1, 0.15) is 0 Å². The van der Waals surface area contributed by atoms with Gasteiger partial charge in [0.25, 0.3) is 5.69 Å². The van der Waals surface area contributed by atoms with Crippen molar-refractivity contribution in [1.29, 1.82) is 0 Å². The van der Waals surface area contributed by atoms with E-state index in [1.807, 2.05) is 44.2 Å². The second-order valence-electron chi connectivity index (χ2n) is 7.45. The lowest BCUT2D eigenvalue weighted by atomic mass is 10.1. The highest BCUT2D eigenvalue weighted by Gasteiger charge is 2.21. The number of aliphatic hydroxyl groups excluding tert-OH is 1. The first kappa shape index (κ1) is 22.5. The first-order valence-corrected chi connectivity index (χ1v) is 10.1. The number of aliphatic hydroxyl groups is 1. The molecule has 0 amide bonds. The van der Waals surface area contributed by atoms with Crippen molar-refractivity contribution >= 4 is 5.69 Å². The fraction of sp³-hybridized carbons (Fsp3) is 0.364. The lowest BCUT2D eigenvalue weighted by molar-refractivity contribution is -0.384. The molecular weight excluding hydrogens is 400 g/mol. The zero-order chi connectivity index (χ0) is 22.2. The van der Waals surface area contributed by atoms with Crippen molar-refractivity contribution in [2.75, 3.05) is 13.2 Å². The predicted octanol–water partition coefficient (Wildman–Crippen LogP) is 3.30. The predicted molar refractivity (Wildman–Crippen MR) is 114 cm³/mol. The number of nitro groups is 1. The van der Waals surface area contributed by atoms with E-state index in [1.54, 1.807) is 12.1 Å². The first-order valence-electron chi connectivity index (χ1n) is 10.1. The van der Waals surface area contributed by atoms with E-state index in [0.29, 0.717) is 30.2 Å². The van der Waals surface area contributed by atoms with E-state index in [2.05, 4.69) is 15.5 Å². The van der Waals surface area contributed by atoms with Crippen LogP contribution in [0.1, 0.15) is 31.3 Å². The Kier molecular flexibility index (Phi) is 7.82. The molecular formula is C22H26N4O5. The molecule has 31 heavy (non-hydrogen) atoms. The number of benzene rings is 2. The number of aromatic nitrogens is 2. The van der Waals surface area contributed by atoms with Gasteiger partial charge < -0.3 is 19.7 Å². The van der Waals surface area contributed by atoms with Gasteiger partial charge in [0.15, 0.2) is 0 Å². The fourth-order valence-corrected chi connectivity index (χ4v) is 2.96. The molecule has 0 spiro atoms. The summed E-state index contributed by atoms with van der Waals surface area (Å²) in [5.74, 6) is 0.711. The second-order valence-corrected chi connectivity index (χ2v) is 7.45. The molecule has 9 heteroatoms. The van der Waals surface area contributed by atoms with Crippen molar-refractivity contribution in [2.24, 2.45) is 0 Å². The molecule has 0 radical (unpaired) electrons. The van der Waals surface area contributed by atoms with Gasteiger partial charge in [-0.1, -0.05) is 35.5 Å². The van der Waals surface area contributed by atoms with Crippen LogP contribution in [0.25, 0.3) is 11.4 Å². The quantitative estimate of drug-likeness (QED) is 0.354. The van der Waals surface area contributed by atoms with Gasteiger partial charge in [-0.25, -0.2) is 0 Å². The molecule has 0 aliphatic rings. The molecule has 164 valence electrons. The highest BCUT2D eigenvalue weighted by Crippen LogP contribution is 2.23. The van der Waals surface area contributed by atoms with Gasteiger partial charge in [-0.2, -0.15) is 4.98 Å². The van der Waals surface area contributed by atoms with Gasteiger partial charge in [-0.05, 0) is 38.0 Å². The lowest BCUT2D eigenvalue weighted by Crippen LogP contribution is -2.34. The van der Waals surface area contributed by atoms with E-state index in [1.165, 1.54) is 12.1 Å². The van der Waals surface area contributed by atoms with Gasteiger partial charge in [0, 0.05) is 24.2 Å². The van der Waals surface area contributed by atoms with Crippen molar-refractivity contribution in [3.05, 3.63) is 76.2 Å². The molecule has 9 nitrogen and oxygen atoms in total. The molecule has 2 atom stereocenters. The Morgan fingerprint density at radius 1 is 1.16 bits per heavy atom. The van der Waals surface area contributed by atoms with E-state index >= 15 is 0 Å². The largest absolute Gasteiger partial charge is 0.389 e. The average molecular weight is 426 g/mol. The smallest absolute Gasteiger partial charge is 0.269 e. The third kappa shape index (κ3) is 6.68. The number of rotatable bonds is 11. The van der Waals surface area contributed by atoms with Gasteiger partial charge in [-0.15, -0.1) is 0 Å². The molecule has 3 rings (SSSR count). The summed E-state index contributed by atoms with van der Waals surface area (Å²) in [7, 11) is 0. The minimum atomic E-state index is -0.683. The molecule has 2 aromatic carbocycles. The minimum absolute atomic E-state index is 0.00584. The van der Waals surface area contributed by atoms with Crippen LogP contribution in [-0.4, -0.2) is 45.5 Å². The van der Waals surface area contributed by atoms with Crippen molar-refractivity contribution in [2.45, 2.75) is 38.5 Å². The number of nitro benzene ring substituents is 1. The third-order valence-corrected chi connectivity index (χ3v) is 4.58. The highest BCUT2D eigenvalue weighted by atomic mass is 16.6. The SMILES string of the molecule is CC(C)OCC(O)CNC(Cc1ccccc1)c1nc(-c2ccc([N+](=O)[O-])cc2)no1.